The van der Waals surface area contributed by atoms with Crippen LogP contribution in [-0.4, -0.2) is 71.9 Å². The first kappa shape index (κ1) is 23.9. The molecular weight excluding hydrogens is 386 g/mol. The zero-order valence-electron chi connectivity index (χ0n) is 19.2. The summed E-state index contributed by atoms with van der Waals surface area (Å²) < 4.78 is 5.48. The predicted octanol–water partition coefficient (Wildman–Crippen LogP) is 3.62. The second-order valence-electron chi connectivity index (χ2n) is 8.90. The number of nitrogens with zero attached hydrogens (tertiary/aromatic N) is 3. The monoisotopic (exact) mass is 425 g/mol. The van der Waals surface area contributed by atoms with Gasteiger partial charge in [0.05, 0.1) is 12.7 Å². The lowest BCUT2D eigenvalue weighted by molar-refractivity contribution is 0.0552. The number of hydrogen-bond donors (Lipinski definition) is 1. The van der Waals surface area contributed by atoms with E-state index in [1.807, 2.05) is 25.4 Å². The zero-order chi connectivity index (χ0) is 21.9. The largest absolute Gasteiger partial charge is 0.393 e. The number of piperidine rings is 1. The van der Waals surface area contributed by atoms with Crippen molar-refractivity contribution in [3.8, 4) is 0 Å². The first-order valence-corrected chi connectivity index (χ1v) is 11.7. The van der Waals surface area contributed by atoms with Crippen LogP contribution in [-0.2, 0) is 17.7 Å². The Labute approximate surface area is 188 Å². The minimum absolute atomic E-state index is 0.215. The third kappa shape index (κ3) is 8.00. The van der Waals surface area contributed by atoms with Crippen LogP contribution in [0.4, 0.5) is 0 Å². The van der Waals surface area contributed by atoms with Crippen molar-refractivity contribution < 1.29 is 9.84 Å². The fourth-order valence-electron chi connectivity index (χ4n) is 4.68. The van der Waals surface area contributed by atoms with Gasteiger partial charge in [0.25, 0.3) is 0 Å². The molecule has 5 heteroatoms. The van der Waals surface area contributed by atoms with Gasteiger partial charge < -0.3 is 14.7 Å². The Morgan fingerprint density at radius 3 is 2.52 bits per heavy atom. The highest BCUT2D eigenvalue weighted by atomic mass is 16.5. The molecule has 2 atom stereocenters. The average molecular weight is 426 g/mol. The van der Waals surface area contributed by atoms with Gasteiger partial charge in [0.15, 0.2) is 0 Å². The SMILES string of the molecule is COCCN(Cc1cccnc1)[C@H](Cc1ccccc1)C1CCN(CC[C@@H](C)O)CC1. The molecule has 1 saturated heterocycles. The molecule has 2 aromatic rings. The Morgan fingerprint density at radius 1 is 1.13 bits per heavy atom. The van der Waals surface area contributed by atoms with Crippen molar-refractivity contribution in [2.75, 3.05) is 39.9 Å². The van der Waals surface area contributed by atoms with Crippen molar-refractivity contribution in [1.82, 2.24) is 14.8 Å². The van der Waals surface area contributed by atoms with Crippen LogP contribution in [0.2, 0.25) is 0 Å². The predicted molar refractivity (Wildman–Crippen MR) is 126 cm³/mol. The smallest absolute Gasteiger partial charge is 0.0589 e. The van der Waals surface area contributed by atoms with Crippen molar-refractivity contribution in [1.29, 1.82) is 0 Å². The van der Waals surface area contributed by atoms with Gasteiger partial charge in [-0.3, -0.25) is 9.88 Å². The number of ether oxygens (including phenoxy) is 1. The van der Waals surface area contributed by atoms with E-state index < -0.39 is 0 Å². The molecule has 0 spiro atoms. The number of likely N-dealkylation sites (tertiary alicyclic amines) is 1. The summed E-state index contributed by atoms with van der Waals surface area (Å²) in [5.74, 6) is 0.650. The lowest BCUT2D eigenvalue weighted by Crippen LogP contribution is -2.47. The Balaban J connectivity index is 1.73. The van der Waals surface area contributed by atoms with Gasteiger partial charge in [-0.2, -0.15) is 0 Å². The second-order valence-corrected chi connectivity index (χ2v) is 8.90. The molecule has 0 amide bonds. The summed E-state index contributed by atoms with van der Waals surface area (Å²) in [7, 11) is 1.79. The summed E-state index contributed by atoms with van der Waals surface area (Å²) in [4.78, 5) is 9.47. The fourth-order valence-corrected chi connectivity index (χ4v) is 4.68. The molecule has 0 saturated carbocycles. The van der Waals surface area contributed by atoms with Gasteiger partial charge in [0.1, 0.15) is 0 Å². The molecule has 1 aromatic heterocycles. The lowest BCUT2D eigenvalue weighted by Gasteiger charge is -2.41. The number of aliphatic hydroxyl groups excluding tert-OH is 1. The van der Waals surface area contributed by atoms with Crippen LogP contribution in [0.1, 0.15) is 37.3 Å². The van der Waals surface area contributed by atoms with Gasteiger partial charge in [-0.25, -0.2) is 0 Å². The molecule has 0 bridgehead atoms. The number of rotatable bonds is 12. The molecule has 170 valence electrons. The number of aliphatic hydroxyl groups is 1. The number of pyridine rings is 1. The number of aromatic nitrogens is 1. The molecule has 1 fully saturated rings. The van der Waals surface area contributed by atoms with Crippen LogP contribution in [0.3, 0.4) is 0 Å². The second kappa shape index (κ2) is 12.9. The molecule has 5 nitrogen and oxygen atoms in total. The normalized spacial score (nSPS) is 17.7. The van der Waals surface area contributed by atoms with Gasteiger partial charge in [-0.05, 0) is 68.8 Å². The summed E-state index contributed by atoms with van der Waals surface area (Å²) >= 11 is 0. The van der Waals surface area contributed by atoms with Crippen molar-refractivity contribution >= 4 is 0 Å². The number of benzene rings is 1. The molecule has 0 radical (unpaired) electrons. The van der Waals surface area contributed by atoms with Gasteiger partial charge in [0, 0.05) is 45.2 Å². The highest BCUT2D eigenvalue weighted by Gasteiger charge is 2.31. The molecule has 3 rings (SSSR count). The Kier molecular flexibility index (Phi) is 9.94. The van der Waals surface area contributed by atoms with E-state index in [0.717, 1.165) is 52.2 Å². The number of hydrogen-bond acceptors (Lipinski definition) is 5. The molecule has 1 aliphatic heterocycles. The topological polar surface area (TPSA) is 48.8 Å². The van der Waals surface area contributed by atoms with E-state index in [9.17, 15) is 5.11 Å². The maximum absolute atomic E-state index is 9.63. The maximum Gasteiger partial charge on any atom is 0.0589 e. The molecule has 31 heavy (non-hydrogen) atoms. The average Bonchev–Trinajstić information content (AvgIpc) is 2.81. The highest BCUT2D eigenvalue weighted by Crippen LogP contribution is 2.28. The Bertz CT molecular complexity index is 718. The third-order valence-electron chi connectivity index (χ3n) is 6.49. The molecule has 0 unspecified atom stereocenters. The summed E-state index contributed by atoms with van der Waals surface area (Å²) in [6.07, 6.45) is 7.93. The Hall–Kier alpha value is -1.79. The lowest BCUT2D eigenvalue weighted by atomic mass is 9.84. The Morgan fingerprint density at radius 2 is 1.87 bits per heavy atom. The summed E-state index contributed by atoms with van der Waals surface area (Å²) in [5.41, 5.74) is 2.66. The maximum atomic E-state index is 9.63. The van der Waals surface area contributed by atoms with Crippen LogP contribution in [0, 0.1) is 5.92 Å². The standard InChI is InChI=1S/C26H39N3O2/c1-22(30)10-14-28-15-11-25(12-16-28)26(19-23-7-4-3-5-8-23)29(17-18-31-2)21-24-9-6-13-27-20-24/h3-9,13,20,22,25-26,30H,10-12,14-19,21H2,1-2H3/t22-,26-/m1/s1. The minimum atomic E-state index is -0.215. The van der Waals surface area contributed by atoms with Crippen LogP contribution in [0.15, 0.2) is 54.9 Å². The van der Waals surface area contributed by atoms with Gasteiger partial charge in [-0.15, -0.1) is 0 Å². The zero-order valence-corrected chi connectivity index (χ0v) is 19.2. The van der Waals surface area contributed by atoms with Gasteiger partial charge >= 0.3 is 0 Å². The van der Waals surface area contributed by atoms with Crippen LogP contribution in [0.5, 0.6) is 0 Å². The number of methoxy groups -OCH3 is 1. The molecular formula is C26H39N3O2. The molecule has 1 N–H and O–H groups in total. The van der Waals surface area contributed by atoms with Crippen LogP contribution < -0.4 is 0 Å². The van der Waals surface area contributed by atoms with Crippen molar-refractivity contribution in [3.63, 3.8) is 0 Å². The van der Waals surface area contributed by atoms with Crippen LogP contribution >= 0.6 is 0 Å². The molecule has 2 heterocycles. The van der Waals surface area contributed by atoms with Crippen molar-refractivity contribution in [3.05, 3.63) is 66.0 Å². The summed E-state index contributed by atoms with van der Waals surface area (Å²) in [5, 5.41) is 9.63. The quantitative estimate of drug-likeness (QED) is 0.563. The summed E-state index contributed by atoms with van der Waals surface area (Å²) in [6.45, 7) is 7.67. The van der Waals surface area contributed by atoms with E-state index in [4.69, 9.17) is 4.74 Å². The first-order valence-electron chi connectivity index (χ1n) is 11.7. The van der Waals surface area contributed by atoms with E-state index in [-0.39, 0.29) is 6.10 Å². The van der Waals surface area contributed by atoms with Crippen molar-refractivity contribution in [2.24, 2.45) is 5.92 Å². The van der Waals surface area contributed by atoms with E-state index in [1.165, 1.54) is 24.0 Å². The molecule has 0 aliphatic carbocycles. The third-order valence-corrected chi connectivity index (χ3v) is 6.49. The fraction of sp³-hybridized carbons (Fsp3) is 0.577. The van der Waals surface area contributed by atoms with E-state index >= 15 is 0 Å². The van der Waals surface area contributed by atoms with E-state index in [0.29, 0.717) is 12.0 Å². The minimum Gasteiger partial charge on any atom is -0.393 e. The molecule has 1 aliphatic rings. The first-order chi connectivity index (χ1) is 15.2. The van der Waals surface area contributed by atoms with Crippen LogP contribution in [0.25, 0.3) is 0 Å². The van der Waals surface area contributed by atoms with Crippen molar-refractivity contribution in [2.45, 2.75) is 51.3 Å². The van der Waals surface area contributed by atoms with E-state index in [1.54, 1.807) is 7.11 Å². The highest BCUT2D eigenvalue weighted by molar-refractivity contribution is 5.17. The van der Waals surface area contributed by atoms with Gasteiger partial charge in [0.2, 0.25) is 0 Å². The summed E-state index contributed by atoms with van der Waals surface area (Å²) in [6, 6.07) is 15.6. The molecule has 1 aromatic carbocycles. The van der Waals surface area contributed by atoms with Gasteiger partial charge in [-0.1, -0.05) is 36.4 Å². The van der Waals surface area contributed by atoms with E-state index in [2.05, 4.69) is 51.2 Å².